The van der Waals surface area contributed by atoms with Gasteiger partial charge in [-0.3, -0.25) is 9.59 Å². The molecule has 0 saturated carbocycles. The maximum atomic E-state index is 13.4. The van der Waals surface area contributed by atoms with Crippen molar-refractivity contribution >= 4 is 12.2 Å². The number of methoxy groups -OCH3 is 2. The second-order valence-electron chi connectivity index (χ2n) is 11.9. The van der Waals surface area contributed by atoms with Crippen molar-refractivity contribution in [1.29, 1.82) is 0 Å². The average Bonchev–Trinajstić information content (AvgIpc) is 3.08. The van der Waals surface area contributed by atoms with Crippen LogP contribution >= 0.6 is 0 Å². The lowest BCUT2D eigenvalue weighted by atomic mass is 9.94. The number of aryl methyl sites for hydroxylation is 2. The third kappa shape index (κ3) is 10.9. The minimum atomic E-state index is -0.711. The second-order valence-corrected chi connectivity index (χ2v) is 11.9. The van der Waals surface area contributed by atoms with Gasteiger partial charge in [0.2, 0.25) is 5.91 Å². The molecule has 8 nitrogen and oxygen atoms in total. The first-order chi connectivity index (χ1) is 22.0. The number of aliphatic hydroxyl groups excluding tert-OH is 1. The summed E-state index contributed by atoms with van der Waals surface area (Å²) in [6.07, 6.45) is 7.55. The number of aliphatic hydroxyl groups is 1. The Labute approximate surface area is 267 Å². The van der Waals surface area contributed by atoms with E-state index in [0.717, 1.165) is 64.5 Å². The molecule has 8 heteroatoms. The number of hydrogen-bond donors (Lipinski definition) is 2. The fourth-order valence-corrected chi connectivity index (χ4v) is 6.04. The first-order valence-corrected chi connectivity index (χ1v) is 16.1. The highest BCUT2D eigenvalue weighted by molar-refractivity contribution is 5.84. The lowest BCUT2D eigenvalue weighted by Crippen LogP contribution is -2.46. The molecule has 1 saturated heterocycles. The van der Waals surface area contributed by atoms with Crippen LogP contribution in [0.4, 0.5) is 0 Å². The number of benzene rings is 3. The molecule has 242 valence electrons. The molecule has 0 spiro atoms. The van der Waals surface area contributed by atoms with Crippen LogP contribution in [0.3, 0.4) is 0 Å². The van der Waals surface area contributed by atoms with Gasteiger partial charge in [0.15, 0.2) is 6.29 Å². The summed E-state index contributed by atoms with van der Waals surface area (Å²) in [7, 11) is 2.95. The minimum absolute atomic E-state index is 0.0170. The lowest BCUT2D eigenvalue weighted by Gasteiger charge is -2.33. The second kappa shape index (κ2) is 18.2. The van der Waals surface area contributed by atoms with Crippen molar-refractivity contribution in [3.8, 4) is 17.2 Å². The van der Waals surface area contributed by atoms with Gasteiger partial charge in [-0.15, -0.1) is 0 Å². The topological polar surface area (TPSA) is 97.3 Å². The number of rotatable bonds is 18. The van der Waals surface area contributed by atoms with Crippen LogP contribution in [0.15, 0.2) is 72.8 Å². The largest absolute Gasteiger partial charge is 0.496 e. The normalized spacial score (nSPS) is 14.6. The van der Waals surface area contributed by atoms with Crippen molar-refractivity contribution < 1.29 is 28.9 Å². The molecule has 1 unspecified atom stereocenters. The summed E-state index contributed by atoms with van der Waals surface area (Å²) in [5.41, 5.74) is 2.98. The van der Waals surface area contributed by atoms with E-state index in [1.54, 1.807) is 12.1 Å². The van der Waals surface area contributed by atoms with Gasteiger partial charge in [-0.2, -0.15) is 0 Å². The number of piperidine rings is 1. The number of carbonyl (C=O) groups excluding carboxylic acids is 2. The molecule has 1 aliphatic heterocycles. The molecule has 0 aliphatic carbocycles. The molecule has 45 heavy (non-hydrogen) atoms. The highest BCUT2D eigenvalue weighted by atomic mass is 16.5. The van der Waals surface area contributed by atoms with E-state index in [0.29, 0.717) is 35.6 Å². The zero-order chi connectivity index (χ0) is 31.9. The van der Waals surface area contributed by atoms with E-state index >= 15 is 0 Å². The Bertz CT molecular complexity index is 1240. The first-order valence-electron chi connectivity index (χ1n) is 16.1. The quantitative estimate of drug-likeness (QED) is 0.182. The fourth-order valence-electron chi connectivity index (χ4n) is 6.04. The van der Waals surface area contributed by atoms with Gasteiger partial charge in [-0.05, 0) is 75.6 Å². The van der Waals surface area contributed by atoms with Crippen molar-refractivity contribution in [2.45, 2.75) is 63.5 Å². The summed E-state index contributed by atoms with van der Waals surface area (Å²) >= 11 is 0. The van der Waals surface area contributed by atoms with E-state index in [4.69, 9.17) is 14.2 Å². The Kier molecular flexibility index (Phi) is 13.7. The van der Waals surface area contributed by atoms with E-state index < -0.39 is 6.10 Å². The van der Waals surface area contributed by atoms with E-state index in [-0.39, 0.29) is 24.5 Å². The van der Waals surface area contributed by atoms with Gasteiger partial charge in [0.1, 0.15) is 30.0 Å². The van der Waals surface area contributed by atoms with Crippen molar-refractivity contribution in [2.24, 2.45) is 5.92 Å². The van der Waals surface area contributed by atoms with Crippen LogP contribution in [0.2, 0.25) is 0 Å². The van der Waals surface area contributed by atoms with Crippen LogP contribution in [-0.4, -0.2) is 74.8 Å². The molecule has 2 N–H and O–H groups in total. The number of carbonyl (C=O) groups is 2. The van der Waals surface area contributed by atoms with Crippen LogP contribution in [-0.2, 0) is 17.6 Å². The van der Waals surface area contributed by atoms with Crippen molar-refractivity contribution in [2.75, 3.05) is 40.5 Å². The summed E-state index contributed by atoms with van der Waals surface area (Å²) in [6.45, 7) is 2.03. The molecule has 0 aromatic heterocycles. The number of nitrogens with zero attached hydrogens (tertiary/aromatic N) is 1. The number of hydrogen-bond acceptors (Lipinski definition) is 7. The van der Waals surface area contributed by atoms with E-state index in [1.165, 1.54) is 25.3 Å². The number of likely N-dealkylation sites (tertiary alicyclic amines) is 1. The number of nitrogens with one attached hydrogen (secondary N) is 1. The van der Waals surface area contributed by atoms with Gasteiger partial charge in [-0.25, -0.2) is 0 Å². The summed E-state index contributed by atoms with van der Waals surface area (Å²) in [4.78, 5) is 27.0. The lowest BCUT2D eigenvalue weighted by molar-refractivity contribution is -0.127. The molecule has 1 aliphatic rings. The molecule has 0 radical (unpaired) electrons. The Morgan fingerprint density at radius 2 is 1.44 bits per heavy atom. The zero-order valence-electron chi connectivity index (χ0n) is 26.7. The van der Waals surface area contributed by atoms with Gasteiger partial charge in [-0.1, -0.05) is 60.7 Å². The molecule has 3 aromatic carbocycles. The molecule has 1 amide bonds. The fraction of sp³-hybridized carbons (Fsp3) is 0.459. The van der Waals surface area contributed by atoms with E-state index in [1.807, 2.05) is 12.1 Å². The Morgan fingerprint density at radius 3 is 1.93 bits per heavy atom. The maximum Gasteiger partial charge on any atom is 0.223 e. The highest BCUT2D eigenvalue weighted by Crippen LogP contribution is 2.33. The van der Waals surface area contributed by atoms with E-state index in [9.17, 15) is 14.7 Å². The smallest absolute Gasteiger partial charge is 0.223 e. The van der Waals surface area contributed by atoms with Gasteiger partial charge >= 0.3 is 0 Å². The minimum Gasteiger partial charge on any atom is -0.496 e. The Morgan fingerprint density at radius 1 is 0.911 bits per heavy atom. The maximum absolute atomic E-state index is 13.4. The van der Waals surface area contributed by atoms with Crippen LogP contribution in [0.1, 0.15) is 60.0 Å². The van der Waals surface area contributed by atoms with Crippen LogP contribution in [0.25, 0.3) is 0 Å². The standard InChI is InChI=1S/C37H48N2O6/c1-43-35-23-33(24-36(44-2)34(35)26-40)45-27-32(41)25-39-21-19-30(20-22-39)37(42)38-31(17-9-15-28-11-5-3-6-12-28)18-10-16-29-13-7-4-8-14-29/h3-8,11-14,23-24,26,30-32,41H,9-10,15-22,25,27H2,1-2H3,(H,38,42). The number of β-amino-alcohol motifs (C(OH)–C–C–N with tert-alkyl or cyclic N) is 1. The summed E-state index contributed by atoms with van der Waals surface area (Å²) in [5, 5.41) is 14.1. The van der Waals surface area contributed by atoms with Crippen molar-refractivity contribution in [3.05, 3.63) is 89.5 Å². The van der Waals surface area contributed by atoms with Crippen molar-refractivity contribution in [1.82, 2.24) is 10.2 Å². The Balaban J connectivity index is 1.22. The highest BCUT2D eigenvalue weighted by Gasteiger charge is 2.27. The predicted molar refractivity (Wildman–Crippen MR) is 176 cm³/mol. The molecule has 1 heterocycles. The molecular formula is C37H48N2O6. The molecule has 1 fully saturated rings. The molecule has 0 bridgehead atoms. The van der Waals surface area contributed by atoms with Gasteiger partial charge in [0.05, 0.1) is 19.8 Å². The van der Waals surface area contributed by atoms with Crippen LogP contribution < -0.4 is 19.5 Å². The summed E-state index contributed by atoms with van der Waals surface area (Å²) in [5.74, 6) is 1.29. The predicted octanol–water partition coefficient (Wildman–Crippen LogP) is 5.50. The van der Waals surface area contributed by atoms with Crippen LogP contribution in [0, 0.1) is 5.92 Å². The molecular weight excluding hydrogens is 568 g/mol. The van der Waals surface area contributed by atoms with Crippen LogP contribution in [0.5, 0.6) is 17.2 Å². The monoisotopic (exact) mass is 616 g/mol. The van der Waals surface area contributed by atoms with Crippen molar-refractivity contribution in [3.63, 3.8) is 0 Å². The van der Waals surface area contributed by atoms with E-state index in [2.05, 4.69) is 58.7 Å². The molecule has 1 atom stereocenters. The Hall–Kier alpha value is -3.88. The molecule has 4 rings (SSSR count). The number of aldehydes is 1. The summed E-state index contributed by atoms with van der Waals surface area (Å²) in [6, 6.07) is 24.5. The van der Waals surface area contributed by atoms with Gasteiger partial charge in [0, 0.05) is 30.6 Å². The first kappa shape index (κ1) is 34.0. The average molecular weight is 617 g/mol. The SMILES string of the molecule is COc1cc(OCC(O)CN2CCC(C(=O)NC(CCCc3ccccc3)CCCc3ccccc3)CC2)cc(OC)c1C=O. The summed E-state index contributed by atoms with van der Waals surface area (Å²) < 4.78 is 16.4. The number of ether oxygens (including phenoxy) is 3. The third-order valence-electron chi connectivity index (χ3n) is 8.57. The zero-order valence-corrected chi connectivity index (χ0v) is 26.7. The molecule has 3 aromatic rings. The number of amides is 1. The third-order valence-corrected chi connectivity index (χ3v) is 8.57. The van der Waals surface area contributed by atoms with Gasteiger partial charge < -0.3 is 29.5 Å². The van der Waals surface area contributed by atoms with Gasteiger partial charge in [0.25, 0.3) is 0 Å².